The average Bonchev–Trinajstić information content (AvgIpc) is 3.09. The summed E-state index contributed by atoms with van der Waals surface area (Å²) in [6.07, 6.45) is 5.24. The summed E-state index contributed by atoms with van der Waals surface area (Å²) in [5.41, 5.74) is 3.47. The van der Waals surface area contributed by atoms with Crippen LogP contribution < -0.4 is 15.7 Å². The Bertz CT molecular complexity index is 1370. The zero-order valence-corrected chi connectivity index (χ0v) is 19.0. The number of imidazole rings is 1. The monoisotopic (exact) mass is 444 g/mol. The van der Waals surface area contributed by atoms with Gasteiger partial charge >= 0.3 is 5.69 Å². The van der Waals surface area contributed by atoms with Gasteiger partial charge in [-0.3, -0.25) is 18.9 Å². The maximum Gasteiger partial charge on any atom is 0.328 e. The fourth-order valence-corrected chi connectivity index (χ4v) is 5.01. The Morgan fingerprint density at radius 3 is 2.70 bits per heavy atom. The van der Waals surface area contributed by atoms with Crippen LogP contribution in [-0.4, -0.2) is 27.1 Å². The second kappa shape index (κ2) is 8.73. The molecule has 1 saturated carbocycles. The van der Waals surface area contributed by atoms with E-state index < -0.39 is 0 Å². The zero-order valence-electron chi connectivity index (χ0n) is 19.0. The molecule has 0 radical (unpaired) electrons. The van der Waals surface area contributed by atoms with Crippen LogP contribution in [0.1, 0.15) is 25.7 Å². The maximum atomic E-state index is 13.0. The molecule has 7 heteroatoms. The summed E-state index contributed by atoms with van der Waals surface area (Å²) in [5.74, 6) is 1.16. The smallest absolute Gasteiger partial charge is 0.328 e. The number of pyridine rings is 1. The lowest BCUT2D eigenvalue weighted by Crippen LogP contribution is -2.30. The second-order valence-electron chi connectivity index (χ2n) is 8.89. The Morgan fingerprint density at radius 2 is 1.91 bits per heavy atom. The van der Waals surface area contributed by atoms with Gasteiger partial charge in [-0.15, -0.1) is 0 Å². The van der Waals surface area contributed by atoms with Gasteiger partial charge in [-0.1, -0.05) is 6.07 Å². The van der Waals surface area contributed by atoms with Gasteiger partial charge in [-0.05, 0) is 68.0 Å². The number of benzene rings is 2. The largest absolute Gasteiger partial charge is 0.497 e. The molecule has 0 aliphatic heterocycles. The summed E-state index contributed by atoms with van der Waals surface area (Å²) >= 11 is 0. The molecule has 1 amide bonds. The molecule has 1 aliphatic rings. The van der Waals surface area contributed by atoms with Gasteiger partial charge in [0.2, 0.25) is 5.91 Å². The summed E-state index contributed by atoms with van der Waals surface area (Å²) in [6, 6.07) is 15.4. The van der Waals surface area contributed by atoms with Gasteiger partial charge in [0.15, 0.2) is 0 Å². The molecule has 2 aromatic heterocycles. The van der Waals surface area contributed by atoms with Gasteiger partial charge in [0, 0.05) is 37.2 Å². The van der Waals surface area contributed by atoms with E-state index in [0.29, 0.717) is 12.5 Å². The van der Waals surface area contributed by atoms with Crippen molar-refractivity contribution in [2.24, 2.45) is 18.9 Å². The number of nitrogens with one attached hydrogen (secondary N) is 1. The van der Waals surface area contributed by atoms with Crippen molar-refractivity contribution in [1.82, 2.24) is 14.1 Å². The van der Waals surface area contributed by atoms with Crippen LogP contribution in [0, 0.1) is 11.8 Å². The van der Waals surface area contributed by atoms with Crippen LogP contribution in [0.5, 0.6) is 5.75 Å². The molecule has 1 N–H and O–H groups in total. The van der Waals surface area contributed by atoms with E-state index in [1.165, 1.54) is 0 Å². The summed E-state index contributed by atoms with van der Waals surface area (Å²) < 4.78 is 8.90. The van der Waals surface area contributed by atoms with Crippen molar-refractivity contribution < 1.29 is 9.53 Å². The Kier molecular flexibility index (Phi) is 5.62. The van der Waals surface area contributed by atoms with E-state index in [1.54, 1.807) is 24.9 Å². The fraction of sp³-hybridized carbons (Fsp3) is 0.346. The van der Waals surface area contributed by atoms with Crippen LogP contribution in [0.4, 0.5) is 5.69 Å². The summed E-state index contributed by atoms with van der Waals surface area (Å²) in [5, 5.41) is 4.07. The molecular weight excluding hydrogens is 416 g/mol. The van der Waals surface area contributed by atoms with Crippen molar-refractivity contribution in [3.05, 3.63) is 65.2 Å². The maximum absolute atomic E-state index is 13.0. The number of aryl methyl sites for hydroxylation is 1. The van der Waals surface area contributed by atoms with E-state index in [1.807, 2.05) is 53.1 Å². The lowest BCUT2D eigenvalue weighted by atomic mass is 9.81. The highest BCUT2D eigenvalue weighted by Gasteiger charge is 2.28. The van der Waals surface area contributed by atoms with Crippen molar-refractivity contribution >= 4 is 33.5 Å². The number of carbonyl (C=O) groups excluding carboxylic acids is 1. The molecule has 7 nitrogen and oxygen atoms in total. The third-order valence-electron chi connectivity index (χ3n) is 6.91. The highest BCUT2D eigenvalue weighted by Crippen LogP contribution is 2.32. The summed E-state index contributed by atoms with van der Waals surface area (Å²) in [4.78, 5) is 30.2. The molecule has 0 spiro atoms. The van der Waals surface area contributed by atoms with Crippen LogP contribution >= 0.6 is 0 Å². The van der Waals surface area contributed by atoms with E-state index >= 15 is 0 Å². The van der Waals surface area contributed by atoms with E-state index in [2.05, 4.69) is 10.3 Å². The van der Waals surface area contributed by atoms with Crippen LogP contribution in [-0.2, 0) is 18.4 Å². The lowest BCUT2D eigenvalue weighted by molar-refractivity contribution is -0.121. The first-order valence-electron chi connectivity index (χ1n) is 11.4. The molecule has 0 unspecified atom stereocenters. The predicted molar refractivity (Wildman–Crippen MR) is 130 cm³/mol. The molecule has 0 bridgehead atoms. The van der Waals surface area contributed by atoms with Crippen molar-refractivity contribution in [3.8, 4) is 5.75 Å². The number of amides is 1. The van der Waals surface area contributed by atoms with E-state index in [9.17, 15) is 9.59 Å². The number of methoxy groups -OCH3 is 1. The number of rotatable bonds is 5. The first kappa shape index (κ1) is 21.2. The van der Waals surface area contributed by atoms with Gasteiger partial charge in [0.25, 0.3) is 0 Å². The van der Waals surface area contributed by atoms with Crippen LogP contribution in [0.3, 0.4) is 0 Å². The van der Waals surface area contributed by atoms with Gasteiger partial charge < -0.3 is 10.1 Å². The SMILES string of the molecule is COc1ccc2c(c1)n(CC1CCC(C(=O)Nc3cccc4ncccc34)CC1)c(=O)n2C. The first-order chi connectivity index (χ1) is 16.0. The van der Waals surface area contributed by atoms with Gasteiger partial charge in [0.1, 0.15) is 5.75 Å². The molecule has 1 aliphatic carbocycles. The minimum absolute atomic E-state index is 0.0114. The van der Waals surface area contributed by atoms with E-state index in [0.717, 1.165) is 59.1 Å². The third kappa shape index (κ3) is 3.99. The Labute approximate surface area is 192 Å². The molecule has 5 rings (SSSR count). The Hall–Kier alpha value is -3.61. The molecule has 1 fully saturated rings. The standard InChI is InChI=1S/C26H28N4O3/c1-29-23-13-12-19(33-2)15-24(23)30(26(29)32)16-17-8-10-18(11-9-17)25(31)28-22-7-3-6-21-20(22)5-4-14-27-21/h3-7,12-15,17-18H,8-11,16H2,1-2H3,(H,28,31). The molecular formula is C26H28N4O3. The molecule has 2 aromatic carbocycles. The lowest BCUT2D eigenvalue weighted by Gasteiger charge is -2.28. The number of fused-ring (bicyclic) bond motifs is 2. The van der Waals surface area contributed by atoms with Gasteiger partial charge in [0.05, 0.1) is 29.3 Å². The zero-order chi connectivity index (χ0) is 22.9. The first-order valence-corrected chi connectivity index (χ1v) is 11.4. The number of nitrogens with zero attached hydrogens (tertiary/aromatic N) is 3. The van der Waals surface area contributed by atoms with E-state index in [4.69, 9.17) is 4.74 Å². The van der Waals surface area contributed by atoms with Crippen LogP contribution in [0.25, 0.3) is 21.9 Å². The number of anilines is 1. The Balaban J connectivity index is 1.27. The summed E-state index contributed by atoms with van der Waals surface area (Å²) in [6.45, 7) is 0.659. The highest BCUT2D eigenvalue weighted by atomic mass is 16.5. The number of aromatic nitrogens is 3. The van der Waals surface area contributed by atoms with Gasteiger partial charge in [-0.2, -0.15) is 0 Å². The summed E-state index contributed by atoms with van der Waals surface area (Å²) in [7, 11) is 3.44. The molecule has 33 heavy (non-hydrogen) atoms. The molecule has 170 valence electrons. The average molecular weight is 445 g/mol. The van der Waals surface area contributed by atoms with E-state index in [-0.39, 0.29) is 17.5 Å². The number of carbonyl (C=O) groups is 1. The number of ether oxygens (including phenoxy) is 1. The fourth-order valence-electron chi connectivity index (χ4n) is 5.01. The topological polar surface area (TPSA) is 78.2 Å². The number of hydrogen-bond acceptors (Lipinski definition) is 4. The number of hydrogen-bond donors (Lipinski definition) is 1. The van der Waals surface area contributed by atoms with Gasteiger partial charge in [-0.25, -0.2) is 4.79 Å². The normalized spacial score (nSPS) is 18.5. The predicted octanol–water partition coefficient (Wildman–Crippen LogP) is 4.34. The molecule has 4 aromatic rings. The van der Waals surface area contributed by atoms with Crippen molar-refractivity contribution in [3.63, 3.8) is 0 Å². The van der Waals surface area contributed by atoms with Crippen molar-refractivity contribution in [2.45, 2.75) is 32.2 Å². The molecule has 2 heterocycles. The molecule has 0 saturated heterocycles. The van der Waals surface area contributed by atoms with Crippen LogP contribution in [0.2, 0.25) is 0 Å². The minimum atomic E-state index is -0.0162. The quantitative estimate of drug-likeness (QED) is 0.497. The van der Waals surface area contributed by atoms with Crippen molar-refractivity contribution in [2.75, 3.05) is 12.4 Å². The van der Waals surface area contributed by atoms with Crippen molar-refractivity contribution in [1.29, 1.82) is 0 Å². The Morgan fingerprint density at radius 1 is 1.09 bits per heavy atom. The molecule has 0 atom stereocenters. The second-order valence-corrected chi connectivity index (χ2v) is 8.89. The van der Waals surface area contributed by atoms with Crippen LogP contribution in [0.15, 0.2) is 59.5 Å². The minimum Gasteiger partial charge on any atom is -0.497 e. The third-order valence-corrected chi connectivity index (χ3v) is 6.91. The highest BCUT2D eigenvalue weighted by molar-refractivity contribution is 6.01.